The molecule has 15 heavy (non-hydrogen) atoms. The Hall–Kier alpha value is -0.670. The molecule has 0 aliphatic carbocycles. The van der Waals surface area contributed by atoms with Crippen molar-refractivity contribution in [2.45, 2.75) is 19.4 Å². The third-order valence-corrected chi connectivity index (χ3v) is 3.34. The second-order valence-electron chi connectivity index (χ2n) is 3.68. The highest BCUT2D eigenvalue weighted by atomic mass is 32.2. The van der Waals surface area contributed by atoms with Gasteiger partial charge in [0, 0.05) is 28.9 Å². The molecule has 0 amide bonds. The van der Waals surface area contributed by atoms with Crippen molar-refractivity contribution in [2.75, 3.05) is 19.1 Å². The molecule has 0 aliphatic rings. The fourth-order valence-electron chi connectivity index (χ4n) is 1.57. The Labute approximate surface area is 94.5 Å². The number of nitrogens with one attached hydrogen (secondary N) is 1. The van der Waals surface area contributed by atoms with Crippen molar-refractivity contribution in [3.63, 3.8) is 0 Å². The third-order valence-electron chi connectivity index (χ3n) is 2.54. The molecule has 2 unspecified atom stereocenters. The zero-order chi connectivity index (χ0) is 11.3. The van der Waals surface area contributed by atoms with Gasteiger partial charge in [0.15, 0.2) is 0 Å². The summed E-state index contributed by atoms with van der Waals surface area (Å²) in [6, 6.07) is 8.71. The zero-order valence-electron chi connectivity index (χ0n) is 9.62. The number of aryl methyl sites for hydroxylation is 1. The SMILES string of the molecule is CCc1ccc(C(CS(C)=O)NC)cc1. The van der Waals surface area contributed by atoms with Crippen LogP contribution in [0.5, 0.6) is 0 Å². The summed E-state index contributed by atoms with van der Waals surface area (Å²) in [4.78, 5) is 0. The molecule has 0 heterocycles. The Bertz CT molecular complexity index is 321. The Morgan fingerprint density at radius 2 is 1.93 bits per heavy atom. The molecule has 0 aliphatic heterocycles. The number of hydrogen-bond donors (Lipinski definition) is 1. The highest BCUT2D eigenvalue weighted by Gasteiger charge is 2.10. The second-order valence-corrected chi connectivity index (χ2v) is 5.16. The molecule has 1 aromatic rings. The van der Waals surface area contributed by atoms with Crippen molar-refractivity contribution >= 4 is 10.8 Å². The summed E-state index contributed by atoms with van der Waals surface area (Å²) in [5.74, 6) is 0.669. The van der Waals surface area contributed by atoms with Gasteiger partial charge in [-0.2, -0.15) is 0 Å². The molecule has 2 atom stereocenters. The minimum Gasteiger partial charge on any atom is -0.312 e. The van der Waals surface area contributed by atoms with Gasteiger partial charge in [-0.1, -0.05) is 31.2 Å². The summed E-state index contributed by atoms with van der Waals surface area (Å²) in [6.07, 6.45) is 2.80. The van der Waals surface area contributed by atoms with E-state index in [0.29, 0.717) is 5.75 Å². The van der Waals surface area contributed by atoms with Gasteiger partial charge in [0.1, 0.15) is 0 Å². The van der Waals surface area contributed by atoms with Crippen LogP contribution in [0.1, 0.15) is 24.1 Å². The largest absolute Gasteiger partial charge is 0.312 e. The van der Waals surface area contributed by atoms with Crippen LogP contribution < -0.4 is 5.32 Å². The van der Waals surface area contributed by atoms with Gasteiger partial charge >= 0.3 is 0 Å². The molecular formula is C12H19NOS. The van der Waals surface area contributed by atoms with E-state index in [1.807, 2.05) is 7.05 Å². The molecule has 84 valence electrons. The van der Waals surface area contributed by atoms with Gasteiger partial charge < -0.3 is 5.32 Å². The summed E-state index contributed by atoms with van der Waals surface area (Å²) in [7, 11) is 1.14. The van der Waals surface area contributed by atoms with E-state index in [9.17, 15) is 4.21 Å². The van der Waals surface area contributed by atoms with Gasteiger partial charge in [0.2, 0.25) is 0 Å². The lowest BCUT2D eigenvalue weighted by molar-refractivity contribution is 0.638. The molecule has 3 heteroatoms. The van der Waals surface area contributed by atoms with Crippen molar-refractivity contribution in [3.8, 4) is 0 Å². The van der Waals surface area contributed by atoms with Gasteiger partial charge in [0.05, 0.1) is 0 Å². The van der Waals surface area contributed by atoms with Crippen LogP contribution in [0.25, 0.3) is 0 Å². The van der Waals surface area contributed by atoms with E-state index in [4.69, 9.17) is 0 Å². The summed E-state index contributed by atoms with van der Waals surface area (Å²) >= 11 is 0. The van der Waals surface area contributed by atoms with Crippen molar-refractivity contribution in [1.82, 2.24) is 5.32 Å². The quantitative estimate of drug-likeness (QED) is 0.829. The zero-order valence-corrected chi connectivity index (χ0v) is 10.4. The van der Waals surface area contributed by atoms with Crippen LogP contribution in [-0.2, 0) is 17.2 Å². The minimum absolute atomic E-state index is 0.196. The second kappa shape index (κ2) is 6.03. The van der Waals surface area contributed by atoms with E-state index in [1.165, 1.54) is 11.1 Å². The molecule has 1 N–H and O–H groups in total. The Kier molecular flexibility index (Phi) is 4.99. The molecule has 0 fully saturated rings. The van der Waals surface area contributed by atoms with Crippen LogP contribution in [0.2, 0.25) is 0 Å². The molecule has 1 rings (SSSR count). The van der Waals surface area contributed by atoms with E-state index in [0.717, 1.165) is 6.42 Å². The minimum atomic E-state index is -0.766. The molecule has 1 aromatic carbocycles. The monoisotopic (exact) mass is 225 g/mol. The number of hydrogen-bond acceptors (Lipinski definition) is 2. The van der Waals surface area contributed by atoms with Crippen molar-refractivity contribution in [1.29, 1.82) is 0 Å². The van der Waals surface area contributed by atoms with Gasteiger partial charge in [-0.25, -0.2) is 0 Å². The normalized spacial score (nSPS) is 14.9. The van der Waals surface area contributed by atoms with Crippen LogP contribution in [0.15, 0.2) is 24.3 Å². The molecule has 2 nitrogen and oxygen atoms in total. The first-order chi connectivity index (χ1) is 7.17. The van der Waals surface area contributed by atoms with Gasteiger partial charge in [-0.3, -0.25) is 4.21 Å². The van der Waals surface area contributed by atoms with Crippen LogP contribution in [-0.4, -0.2) is 23.3 Å². The Morgan fingerprint density at radius 1 is 1.33 bits per heavy atom. The highest BCUT2D eigenvalue weighted by molar-refractivity contribution is 7.84. The summed E-state index contributed by atoms with van der Waals surface area (Å²) in [5.41, 5.74) is 2.55. The van der Waals surface area contributed by atoms with E-state index < -0.39 is 10.8 Å². The maximum absolute atomic E-state index is 11.2. The summed E-state index contributed by atoms with van der Waals surface area (Å²) in [5, 5.41) is 3.19. The lowest BCUT2D eigenvalue weighted by Crippen LogP contribution is -2.22. The maximum atomic E-state index is 11.2. The van der Waals surface area contributed by atoms with E-state index >= 15 is 0 Å². The first-order valence-corrected chi connectivity index (χ1v) is 6.96. The Balaban J connectivity index is 2.78. The maximum Gasteiger partial charge on any atom is 0.0434 e. The fraction of sp³-hybridized carbons (Fsp3) is 0.500. The van der Waals surface area contributed by atoms with Crippen LogP contribution in [0.4, 0.5) is 0 Å². The third kappa shape index (κ3) is 3.76. The van der Waals surface area contributed by atoms with Gasteiger partial charge in [-0.05, 0) is 24.6 Å². The standard InChI is InChI=1S/C12H19NOS/c1-4-10-5-7-11(8-6-10)12(13-2)9-15(3)14/h5-8,12-13H,4,9H2,1-3H3. The van der Waals surface area contributed by atoms with E-state index in [1.54, 1.807) is 6.26 Å². The molecular weight excluding hydrogens is 206 g/mol. The summed E-state index contributed by atoms with van der Waals surface area (Å²) < 4.78 is 11.2. The highest BCUT2D eigenvalue weighted by Crippen LogP contribution is 2.14. The topological polar surface area (TPSA) is 29.1 Å². The lowest BCUT2D eigenvalue weighted by atomic mass is 10.1. The van der Waals surface area contributed by atoms with E-state index in [2.05, 4.69) is 36.5 Å². The van der Waals surface area contributed by atoms with Crippen LogP contribution in [0, 0.1) is 0 Å². The van der Waals surface area contributed by atoms with Crippen molar-refractivity contribution < 1.29 is 4.21 Å². The predicted molar refractivity (Wildman–Crippen MR) is 66.6 cm³/mol. The first-order valence-electron chi connectivity index (χ1n) is 5.23. The molecule has 0 radical (unpaired) electrons. The molecule has 0 spiro atoms. The average Bonchev–Trinajstić information content (AvgIpc) is 2.26. The predicted octanol–water partition coefficient (Wildman–Crippen LogP) is 1.89. The van der Waals surface area contributed by atoms with E-state index in [-0.39, 0.29) is 6.04 Å². The molecule has 0 saturated carbocycles. The number of benzene rings is 1. The van der Waals surface area contributed by atoms with Crippen LogP contribution in [0.3, 0.4) is 0 Å². The van der Waals surface area contributed by atoms with Crippen LogP contribution >= 0.6 is 0 Å². The smallest absolute Gasteiger partial charge is 0.0434 e. The van der Waals surface area contributed by atoms with Gasteiger partial charge in [0.25, 0.3) is 0 Å². The van der Waals surface area contributed by atoms with Crippen molar-refractivity contribution in [2.24, 2.45) is 0 Å². The van der Waals surface area contributed by atoms with Crippen molar-refractivity contribution in [3.05, 3.63) is 35.4 Å². The average molecular weight is 225 g/mol. The molecule has 0 saturated heterocycles. The fourth-order valence-corrected chi connectivity index (χ4v) is 2.40. The Morgan fingerprint density at radius 3 is 2.33 bits per heavy atom. The number of rotatable bonds is 5. The summed E-state index contributed by atoms with van der Waals surface area (Å²) in [6.45, 7) is 2.14. The van der Waals surface area contributed by atoms with Gasteiger partial charge in [-0.15, -0.1) is 0 Å². The molecule has 0 bridgehead atoms. The first kappa shape index (κ1) is 12.4. The molecule has 0 aromatic heterocycles. The lowest BCUT2D eigenvalue weighted by Gasteiger charge is -2.15.